The molecule has 1 unspecified atom stereocenters. The van der Waals surface area contributed by atoms with Gasteiger partial charge in [0.15, 0.2) is 0 Å². The number of nitriles is 1. The first-order valence-corrected chi connectivity index (χ1v) is 6.14. The van der Waals surface area contributed by atoms with E-state index in [0.29, 0.717) is 12.6 Å². The zero-order chi connectivity index (χ0) is 11.4. The third kappa shape index (κ3) is 2.46. The van der Waals surface area contributed by atoms with Crippen LogP contribution in [0.2, 0.25) is 0 Å². The van der Waals surface area contributed by atoms with Crippen molar-refractivity contribution in [3.05, 3.63) is 0 Å². The summed E-state index contributed by atoms with van der Waals surface area (Å²) >= 11 is 0. The van der Waals surface area contributed by atoms with Gasteiger partial charge in [0.1, 0.15) is 6.61 Å². The SMILES string of the molecule is N#CC1COC(=O)N(C2CCCCCC2)C1. The first-order chi connectivity index (χ1) is 7.81. The molecule has 2 aliphatic rings. The Bertz CT molecular complexity index is 290. The van der Waals surface area contributed by atoms with Gasteiger partial charge >= 0.3 is 6.09 Å². The Kier molecular flexibility index (Phi) is 3.66. The highest BCUT2D eigenvalue weighted by Gasteiger charge is 2.32. The molecule has 1 saturated heterocycles. The largest absolute Gasteiger partial charge is 0.448 e. The van der Waals surface area contributed by atoms with Crippen molar-refractivity contribution in [3.63, 3.8) is 0 Å². The van der Waals surface area contributed by atoms with E-state index in [9.17, 15) is 4.79 Å². The number of carbonyl (C=O) groups excluding carboxylic acids is 1. The van der Waals surface area contributed by atoms with Crippen LogP contribution in [0.1, 0.15) is 38.5 Å². The number of cyclic esters (lactones) is 1. The van der Waals surface area contributed by atoms with Crippen LogP contribution in [-0.4, -0.2) is 30.2 Å². The molecular weight excluding hydrogens is 204 g/mol. The maximum absolute atomic E-state index is 11.7. The van der Waals surface area contributed by atoms with Crippen LogP contribution in [0.15, 0.2) is 0 Å². The lowest BCUT2D eigenvalue weighted by atomic mass is 10.0. The standard InChI is InChI=1S/C12H18N2O2/c13-7-10-8-14(12(15)16-9-10)11-5-3-1-2-4-6-11/h10-11H,1-6,8-9H2. The van der Waals surface area contributed by atoms with E-state index in [1.165, 1.54) is 25.7 Å². The van der Waals surface area contributed by atoms with Gasteiger partial charge in [-0.25, -0.2) is 4.79 Å². The van der Waals surface area contributed by atoms with Crippen LogP contribution in [0.25, 0.3) is 0 Å². The van der Waals surface area contributed by atoms with Crippen molar-refractivity contribution in [1.82, 2.24) is 4.90 Å². The van der Waals surface area contributed by atoms with Gasteiger partial charge in [-0.1, -0.05) is 25.7 Å². The molecule has 1 heterocycles. The topological polar surface area (TPSA) is 53.3 Å². The lowest BCUT2D eigenvalue weighted by molar-refractivity contribution is 0.0360. The highest BCUT2D eigenvalue weighted by Crippen LogP contribution is 2.25. The minimum absolute atomic E-state index is 0.152. The minimum Gasteiger partial charge on any atom is -0.448 e. The van der Waals surface area contributed by atoms with Gasteiger partial charge in [0.2, 0.25) is 0 Å². The zero-order valence-corrected chi connectivity index (χ0v) is 9.52. The second kappa shape index (κ2) is 5.20. The van der Waals surface area contributed by atoms with Crippen LogP contribution in [0.3, 0.4) is 0 Å². The predicted molar refractivity (Wildman–Crippen MR) is 58.6 cm³/mol. The molecule has 0 bridgehead atoms. The van der Waals surface area contributed by atoms with E-state index < -0.39 is 0 Å². The van der Waals surface area contributed by atoms with E-state index >= 15 is 0 Å². The summed E-state index contributed by atoms with van der Waals surface area (Å²) < 4.78 is 5.05. The molecule has 0 aromatic heterocycles. The molecule has 0 N–H and O–H groups in total. The summed E-state index contributed by atoms with van der Waals surface area (Å²) in [6.07, 6.45) is 6.80. The molecule has 0 spiro atoms. The fourth-order valence-electron chi connectivity index (χ4n) is 2.57. The van der Waals surface area contributed by atoms with Crippen molar-refractivity contribution < 1.29 is 9.53 Å². The van der Waals surface area contributed by atoms with Gasteiger partial charge in [-0.2, -0.15) is 5.26 Å². The lowest BCUT2D eigenvalue weighted by Gasteiger charge is -2.35. The van der Waals surface area contributed by atoms with Crippen molar-refractivity contribution in [2.24, 2.45) is 5.92 Å². The van der Waals surface area contributed by atoms with E-state index in [1.807, 2.05) is 0 Å². The average molecular weight is 222 g/mol. The summed E-state index contributed by atoms with van der Waals surface area (Å²) in [4.78, 5) is 13.4. The van der Waals surface area contributed by atoms with Gasteiger partial charge < -0.3 is 9.64 Å². The average Bonchev–Trinajstić information content (AvgIpc) is 2.58. The molecule has 88 valence electrons. The monoisotopic (exact) mass is 222 g/mol. The van der Waals surface area contributed by atoms with Gasteiger partial charge in [-0.3, -0.25) is 0 Å². The van der Waals surface area contributed by atoms with Crippen LogP contribution in [0, 0.1) is 17.2 Å². The number of carbonyl (C=O) groups is 1. The second-order valence-electron chi connectivity index (χ2n) is 4.70. The molecule has 0 radical (unpaired) electrons. The quantitative estimate of drug-likeness (QED) is 0.640. The van der Waals surface area contributed by atoms with E-state index in [4.69, 9.17) is 10.00 Å². The summed E-state index contributed by atoms with van der Waals surface area (Å²) in [7, 11) is 0. The Morgan fingerprint density at radius 2 is 1.94 bits per heavy atom. The maximum atomic E-state index is 11.7. The molecule has 1 amide bonds. The fraction of sp³-hybridized carbons (Fsp3) is 0.833. The third-order valence-corrected chi connectivity index (χ3v) is 3.51. The van der Waals surface area contributed by atoms with Crippen LogP contribution in [0.5, 0.6) is 0 Å². The van der Waals surface area contributed by atoms with Gasteiger partial charge in [-0.15, -0.1) is 0 Å². The molecule has 0 aromatic carbocycles. The highest BCUT2D eigenvalue weighted by atomic mass is 16.6. The smallest absolute Gasteiger partial charge is 0.410 e. The van der Waals surface area contributed by atoms with Crippen LogP contribution >= 0.6 is 0 Å². The van der Waals surface area contributed by atoms with Crippen molar-refractivity contribution in [2.75, 3.05) is 13.2 Å². The first-order valence-electron chi connectivity index (χ1n) is 6.14. The van der Waals surface area contributed by atoms with Crippen LogP contribution in [0.4, 0.5) is 4.79 Å². The fourth-order valence-corrected chi connectivity index (χ4v) is 2.57. The number of ether oxygens (including phenoxy) is 1. The van der Waals surface area contributed by atoms with E-state index in [1.54, 1.807) is 4.90 Å². The number of hydrogen-bond acceptors (Lipinski definition) is 3. The van der Waals surface area contributed by atoms with Crippen LogP contribution in [-0.2, 0) is 4.74 Å². The van der Waals surface area contributed by atoms with Gasteiger partial charge in [0, 0.05) is 12.6 Å². The molecule has 1 atom stereocenters. The summed E-state index contributed by atoms with van der Waals surface area (Å²) in [6.45, 7) is 0.818. The van der Waals surface area contributed by atoms with Crippen LogP contribution < -0.4 is 0 Å². The highest BCUT2D eigenvalue weighted by molar-refractivity contribution is 5.69. The third-order valence-electron chi connectivity index (χ3n) is 3.51. The number of nitrogens with zero attached hydrogens (tertiary/aromatic N) is 2. The van der Waals surface area contributed by atoms with Crippen molar-refractivity contribution in [2.45, 2.75) is 44.6 Å². The van der Waals surface area contributed by atoms with Crippen molar-refractivity contribution in [1.29, 1.82) is 5.26 Å². The molecule has 2 fully saturated rings. The molecule has 1 aliphatic carbocycles. The lowest BCUT2D eigenvalue weighted by Crippen LogP contribution is -2.48. The first kappa shape index (κ1) is 11.3. The Hall–Kier alpha value is -1.24. The maximum Gasteiger partial charge on any atom is 0.410 e. The van der Waals surface area contributed by atoms with E-state index in [2.05, 4.69) is 6.07 Å². The molecule has 1 aliphatic heterocycles. The van der Waals surface area contributed by atoms with Gasteiger partial charge in [0.25, 0.3) is 0 Å². The molecule has 4 nitrogen and oxygen atoms in total. The van der Waals surface area contributed by atoms with Crippen molar-refractivity contribution >= 4 is 6.09 Å². The van der Waals surface area contributed by atoms with Gasteiger partial charge in [0.05, 0.1) is 12.0 Å². The molecule has 2 rings (SSSR count). The summed E-state index contributed by atoms with van der Waals surface area (Å²) in [5.41, 5.74) is 0. The van der Waals surface area contributed by atoms with Crippen molar-refractivity contribution in [3.8, 4) is 6.07 Å². The number of amides is 1. The Labute approximate surface area is 96.2 Å². The second-order valence-corrected chi connectivity index (χ2v) is 4.70. The molecule has 1 saturated carbocycles. The normalized spacial score (nSPS) is 28.1. The summed E-state index contributed by atoms with van der Waals surface area (Å²) in [6, 6.07) is 2.49. The molecule has 16 heavy (non-hydrogen) atoms. The summed E-state index contributed by atoms with van der Waals surface area (Å²) in [5, 5.41) is 8.88. The van der Waals surface area contributed by atoms with E-state index in [0.717, 1.165) is 12.8 Å². The number of rotatable bonds is 1. The predicted octanol–water partition coefficient (Wildman–Crippen LogP) is 2.30. The number of hydrogen-bond donors (Lipinski definition) is 0. The minimum atomic E-state index is -0.224. The molecule has 0 aromatic rings. The summed E-state index contributed by atoms with van der Waals surface area (Å²) in [5.74, 6) is -0.152. The van der Waals surface area contributed by atoms with Gasteiger partial charge in [-0.05, 0) is 12.8 Å². The Morgan fingerprint density at radius 1 is 1.25 bits per heavy atom. The molecular formula is C12H18N2O2. The van der Waals surface area contributed by atoms with E-state index in [-0.39, 0.29) is 18.6 Å². The molecule has 4 heteroatoms. The zero-order valence-electron chi connectivity index (χ0n) is 9.52. The Morgan fingerprint density at radius 3 is 2.56 bits per heavy atom. The Balaban J connectivity index is 1.99.